The largest absolute Gasteiger partial charge is 0.268 e. The van der Waals surface area contributed by atoms with E-state index in [-0.39, 0.29) is 5.56 Å². The average molecular weight is 371 g/mol. The molecule has 0 saturated carbocycles. The molecule has 3 aromatic rings. The van der Waals surface area contributed by atoms with E-state index >= 15 is 0 Å². The molecule has 1 atom stereocenters. The molecule has 130 valence electrons. The van der Waals surface area contributed by atoms with Crippen LogP contribution in [0.25, 0.3) is 15.9 Å². The van der Waals surface area contributed by atoms with Crippen LogP contribution in [0, 0.1) is 0 Å². The standard InChI is InChI=1S/C20H22N2OS2/c1-12(2)24-20-21-18-17(16-13(3)8-7-11-15(16)25-18)19(23)22(20)14-9-5-4-6-10-14/h4-6,9-10,12-13H,7-8,11H2,1-3H3/t13-/m0/s1. The number of thioether (sulfide) groups is 1. The average Bonchev–Trinajstić information content (AvgIpc) is 2.95. The van der Waals surface area contributed by atoms with Gasteiger partial charge < -0.3 is 0 Å². The van der Waals surface area contributed by atoms with Crippen molar-refractivity contribution in [3.63, 3.8) is 0 Å². The summed E-state index contributed by atoms with van der Waals surface area (Å²) in [5, 5.41) is 2.02. The van der Waals surface area contributed by atoms with Gasteiger partial charge in [-0.2, -0.15) is 0 Å². The number of aromatic nitrogens is 2. The molecule has 2 heterocycles. The zero-order valence-corrected chi connectivity index (χ0v) is 16.4. The molecule has 1 aliphatic rings. The maximum atomic E-state index is 13.5. The second kappa shape index (κ2) is 6.61. The third kappa shape index (κ3) is 2.93. The maximum absolute atomic E-state index is 13.5. The molecule has 0 spiro atoms. The zero-order chi connectivity index (χ0) is 17.6. The van der Waals surface area contributed by atoms with E-state index < -0.39 is 0 Å². The SMILES string of the molecule is CC(C)Sc1nc2sc3c(c2c(=O)n1-c1ccccc1)[C@@H](C)CCC3. The molecule has 0 amide bonds. The van der Waals surface area contributed by atoms with Crippen molar-refractivity contribution in [3.8, 4) is 5.69 Å². The van der Waals surface area contributed by atoms with Crippen molar-refractivity contribution in [3.05, 3.63) is 51.1 Å². The van der Waals surface area contributed by atoms with Crippen molar-refractivity contribution in [1.82, 2.24) is 9.55 Å². The van der Waals surface area contributed by atoms with Crippen molar-refractivity contribution in [2.75, 3.05) is 0 Å². The summed E-state index contributed by atoms with van der Waals surface area (Å²) in [5.74, 6) is 0.444. The smallest absolute Gasteiger partial charge is 0.267 e. The summed E-state index contributed by atoms with van der Waals surface area (Å²) in [5.41, 5.74) is 2.24. The van der Waals surface area contributed by atoms with Crippen LogP contribution in [0.3, 0.4) is 0 Å². The number of hydrogen-bond donors (Lipinski definition) is 0. The predicted octanol–water partition coefficient (Wildman–Crippen LogP) is 5.39. The summed E-state index contributed by atoms with van der Waals surface area (Å²) < 4.78 is 1.81. The molecule has 5 heteroatoms. The van der Waals surface area contributed by atoms with Gasteiger partial charge in [0, 0.05) is 10.1 Å². The summed E-state index contributed by atoms with van der Waals surface area (Å²) >= 11 is 3.38. The van der Waals surface area contributed by atoms with Gasteiger partial charge in [0.1, 0.15) is 4.83 Å². The third-order valence-corrected chi connectivity index (χ3v) is 6.81. The van der Waals surface area contributed by atoms with Gasteiger partial charge in [0.15, 0.2) is 5.16 Å². The fraction of sp³-hybridized carbons (Fsp3) is 0.400. The normalized spacial score (nSPS) is 17.2. The summed E-state index contributed by atoms with van der Waals surface area (Å²) in [6.45, 7) is 6.52. The Kier molecular flexibility index (Phi) is 4.46. The van der Waals surface area contributed by atoms with Gasteiger partial charge in [0.05, 0.1) is 11.1 Å². The van der Waals surface area contributed by atoms with E-state index in [4.69, 9.17) is 4.98 Å². The maximum Gasteiger partial charge on any atom is 0.267 e. The minimum atomic E-state index is 0.0885. The fourth-order valence-corrected chi connectivity index (χ4v) is 5.85. The Hall–Kier alpha value is -1.59. The Balaban J connectivity index is 2.05. The van der Waals surface area contributed by atoms with E-state index in [1.165, 1.54) is 16.9 Å². The molecule has 2 aromatic heterocycles. The van der Waals surface area contributed by atoms with E-state index in [9.17, 15) is 4.79 Å². The second-order valence-electron chi connectivity index (χ2n) is 6.95. The van der Waals surface area contributed by atoms with E-state index in [0.717, 1.165) is 33.9 Å². The van der Waals surface area contributed by atoms with Crippen LogP contribution in [-0.4, -0.2) is 14.8 Å². The number of fused-ring (bicyclic) bond motifs is 3. The fourth-order valence-electron chi connectivity index (χ4n) is 3.61. The lowest BCUT2D eigenvalue weighted by atomic mass is 9.88. The lowest BCUT2D eigenvalue weighted by Gasteiger charge is -2.19. The van der Waals surface area contributed by atoms with Crippen LogP contribution in [0.15, 0.2) is 40.3 Å². The van der Waals surface area contributed by atoms with Crippen molar-refractivity contribution in [2.45, 2.75) is 56.4 Å². The van der Waals surface area contributed by atoms with Crippen molar-refractivity contribution in [2.24, 2.45) is 0 Å². The van der Waals surface area contributed by atoms with Crippen LogP contribution in [0.5, 0.6) is 0 Å². The number of para-hydroxylation sites is 1. The molecule has 0 bridgehead atoms. The Labute approximate surface area is 156 Å². The monoisotopic (exact) mass is 370 g/mol. The molecular formula is C20H22N2OS2. The van der Waals surface area contributed by atoms with Crippen molar-refractivity contribution >= 4 is 33.3 Å². The number of rotatable bonds is 3. The molecule has 0 saturated heterocycles. The quantitative estimate of drug-likeness (QED) is 0.458. The van der Waals surface area contributed by atoms with Gasteiger partial charge in [-0.1, -0.05) is 50.7 Å². The first-order valence-electron chi connectivity index (χ1n) is 8.86. The molecule has 0 unspecified atom stereocenters. The Morgan fingerprint density at radius 2 is 2.04 bits per heavy atom. The summed E-state index contributed by atoms with van der Waals surface area (Å²) in [6.07, 6.45) is 3.45. The molecular weight excluding hydrogens is 348 g/mol. The van der Waals surface area contributed by atoms with Crippen molar-refractivity contribution < 1.29 is 0 Å². The van der Waals surface area contributed by atoms with Crippen LogP contribution in [0.1, 0.15) is 50.0 Å². The van der Waals surface area contributed by atoms with Crippen LogP contribution in [0.4, 0.5) is 0 Å². The highest BCUT2D eigenvalue weighted by atomic mass is 32.2. The summed E-state index contributed by atoms with van der Waals surface area (Å²) in [4.78, 5) is 20.7. The summed E-state index contributed by atoms with van der Waals surface area (Å²) in [6, 6.07) is 9.90. The molecule has 4 rings (SSSR count). The Morgan fingerprint density at radius 1 is 1.28 bits per heavy atom. The molecule has 0 fully saturated rings. The number of thiophene rings is 1. The van der Waals surface area contributed by atoms with Gasteiger partial charge in [-0.15, -0.1) is 11.3 Å². The van der Waals surface area contributed by atoms with Gasteiger partial charge in [0.2, 0.25) is 0 Å². The van der Waals surface area contributed by atoms with Crippen LogP contribution in [0.2, 0.25) is 0 Å². The molecule has 3 nitrogen and oxygen atoms in total. The number of hydrogen-bond acceptors (Lipinski definition) is 4. The topological polar surface area (TPSA) is 34.9 Å². The van der Waals surface area contributed by atoms with E-state index in [1.807, 2.05) is 30.3 Å². The zero-order valence-electron chi connectivity index (χ0n) is 14.8. The van der Waals surface area contributed by atoms with Gasteiger partial charge in [0.25, 0.3) is 5.56 Å². The molecule has 0 radical (unpaired) electrons. The van der Waals surface area contributed by atoms with E-state index in [0.29, 0.717) is 11.2 Å². The van der Waals surface area contributed by atoms with Gasteiger partial charge >= 0.3 is 0 Å². The molecule has 0 N–H and O–H groups in total. The lowest BCUT2D eigenvalue weighted by molar-refractivity contribution is 0.601. The van der Waals surface area contributed by atoms with Crippen LogP contribution in [-0.2, 0) is 6.42 Å². The predicted molar refractivity (Wildman–Crippen MR) is 108 cm³/mol. The van der Waals surface area contributed by atoms with E-state index in [1.54, 1.807) is 27.7 Å². The van der Waals surface area contributed by atoms with Gasteiger partial charge in [-0.3, -0.25) is 9.36 Å². The highest BCUT2D eigenvalue weighted by Crippen LogP contribution is 2.41. The van der Waals surface area contributed by atoms with Crippen molar-refractivity contribution in [1.29, 1.82) is 0 Å². The third-order valence-electron chi connectivity index (χ3n) is 4.70. The number of aryl methyl sites for hydroxylation is 1. The first kappa shape index (κ1) is 16.9. The first-order valence-corrected chi connectivity index (χ1v) is 10.6. The van der Waals surface area contributed by atoms with Gasteiger partial charge in [-0.25, -0.2) is 4.98 Å². The Morgan fingerprint density at radius 3 is 2.76 bits per heavy atom. The molecule has 0 aliphatic heterocycles. The molecule has 1 aromatic carbocycles. The Bertz CT molecular complexity index is 973. The minimum absolute atomic E-state index is 0.0885. The molecule has 25 heavy (non-hydrogen) atoms. The number of nitrogens with zero attached hydrogens (tertiary/aromatic N) is 2. The molecule has 1 aliphatic carbocycles. The first-order chi connectivity index (χ1) is 12.1. The second-order valence-corrected chi connectivity index (χ2v) is 9.58. The van der Waals surface area contributed by atoms with Gasteiger partial charge in [-0.05, 0) is 42.9 Å². The van der Waals surface area contributed by atoms with Crippen LogP contribution >= 0.6 is 23.1 Å². The highest BCUT2D eigenvalue weighted by molar-refractivity contribution is 7.99. The minimum Gasteiger partial charge on any atom is -0.268 e. The number of benzene rings is 1. The van der Waals surface area contributed by atoms with Crippen LogP contribution < -0.4 is 5.56 Å². The summed E-state index contributed by atoms with van der Waals surface area (Å²) in [7, 11) is 0. The lowest BCUT2D eigenvalue weighted by Crippen LogP contribution is -2.23. The highest BCUT2D eigenvalue weighted by Gasteiger charge is 2.26. The van der Waals surface area contributed by atoms with E-state index in [2.05, 4.69) is 20.8 Å².